The van der Waals surface area contributed by atoms with Crippen molar-refractivity contribution < 1.29 is 14.3 Å². The van der Waals surface area contributed by atoms with E-state index in [4.69, 9.17) is 4.74 Å². The first kappa shape index (κ1) is 18.2. The maximum atomic E-state index is 13.2. The number of allylic oxidation sites excluding steroid dienone is 1. The van der Waals surface area contributed by atoms with E-state index in [9.17, 15) is 9.59 Å². The molecule has 0 aliphatic carbocycles. The van der Waals surface area contributed by atoms with Gasteiger partial charge in [0.05, 0.1) is 18.6 Å². The van der Waals surface area contributed by atoms with E-state index < -0.39 is 5.92 Å². The highest BCUT2D eigenvalue weighted by Gasteiger charge is 2.45. The number of amides is 1. The Labute approximate surface area is 165 Å². The number of benzene rings is 2. The lowest BCUT2D eigenvalue weighted by atomic mass is 9.74. The minimum atomic E-state index is -0.463. The van der Waals surface area contributed by atoms with Crippen LogP contribution in [0.4, 0.5) is 0 Å². The lowest BCUT2D eigenvalue weighted by molar-refractivity contribution is -0.117. The number of hydrogen-bond donors (Lipinski definition) is 0. The van der Waals surface area contributed by atoms with Crippen molar-refractivity contribution in [3.63, 3.8) is 0 Å². The number of carbonyl (C=O) groups excluding carboxylic acids is 2. The molecule has 2 heterocycles. The van der Waals surface area contributed by atoms with Crippen LogP contribution in [0.5, 0.6) is 5.75 Å². The van der Waals surface area contributed by atoms with Crippen LogP contribution in [0.2, 0.25) is 0 Å². The van der Waals surface area contributed by atoms with Crippen molar-refractivity contribution in [2.24, 2.45) is 0 Å². The highest BCUT2D eigenvalue weighted by molar-refractivity contribution is 6.04. The molecule has 0 saturated heterocycles. The summed E-state index contributed by atoms with van der Waals surface area (Å²) in [5, 5.41) is 0. The van der Waals surface area contributed by atoms with Crippen LogP contribution >= 0.6 is 0 Å². The largest absolute Gasteiger partial charge is 0.493 e. The summed E-state index contributed by atoms with van der Waals surface area (Å²) in [6.45, 7) is 10.6. The van der Waals surface area contributed by atoms with Gasteiger partial charge < -0.3 is 9.64 Å². The molecule has 0 spiro atoms. The number of ether oxygens (including phenoxy) is 1. The van der Waals surface area contributed by atoms with Gasteiger partial charge in [0, 0.05) is 17.7 Å². The highest BCUT2D eigenvalue weighted by Crippen LogP contribution is 2.47. The second-order valence-electron chi connectivity index (χ2n) is 7.09. The topological polar surface area (TPSA) is 46.6 Å². The standard InChI is InChI=1S/C24H23NO3/c1-4-15-13-16-11-12-25-23(19(16)14-21(15)28-6-3)22(20(26)5-2)17-9-7-8-10-18(17)24(25)27/h4-5,7-10,13-14,22-23H,1-2,6,11-12H2,3H3/t22-,23-/m0/s1. The van der Waals surface area contributed by atoms with Crippen LogP contribution in [0.15, 0.2) is 55.6 Å². The summed E-state index contributed by atoms with van der Waals surface area (Å²) < 4.78 is 5.81. The first-order valence-electron chi connectivity index (χ1n) is 9.58. The second-order valence-corrected chi connectivity index (χ2v) is 7.09. The van der Waals surface area contributed by atoms with Gasteiger partial charge in [-0.3, -0.25) is 9.59 Å². The van der Waals surface area contributed by atoms with Gasteiger partial charge in [-0.25, -0.2) is 0 Å². The predicted molar refractivity (Wildman–Crippen MR) is 110 cm³/mol. The fourth-order valence-corrected chi connectivity index (χ4v) is 4.45. The zero-order valence-corrected chi connectivity index (χ0v) is 16.0. The van der Waals surface area contributed by atoms with Crippen LogP contribution in [-0.4, -0.2) is 29.7 Å². The van der Waals surface area contributed by atoms with Gasteiger partial charge >= 0.3 is 0 Å². The molecule has 2 aliphatic heterocycles. The van der Waals surface area contributed by atoms with Crippen molar-refractivity contribution in [1.29, 1.82) is 0 Å². The Morgan fingerprint density at radius 2 is 2.04 bits per heavy atom. The first-order valence-corrected chi connectivity index (χ1v) is 9.58. The molecule has 4 nitrogen and oxygen atoms in total. The van der Waals surface area contributed by atoms with Crippen molar-refractivity contribution >= 4 is 17.8 Å². The van der Waals surface area contributed by atoms with Gasteiger partial charge in [-0.2, -0.15) is 0 Å². The van der Waals surface area contributed by atoms with Crippen LogP contribution in [0.3, 0.4) is 0 Å². The van der Waals surface area contributed by atoms with E-state index in [1.54, 1.807) is 12.1 Å². The zero-order chi connectivity index (χ0) is 19.8. The van der Waals surface area contributed by atoms with E-state index in [-0.39, 0.29) is 17.7 Å². The summed E-state index contributed by atoms with van der Waals surface area (Å²) in [5.74, 6) is 0.169. The van der Waals surface area contributed by atoms with E-state index in [0.29, 0.717) is 18.7 Å². The molecule has 0 radical (unpaired) electrons. The van der Waals surface area contributed by atoms with E-state index in [1.807, 2.05) is 36.1 Å². The molecule has 2 aromatic carbocycles. The van der Waals surface area contributed by atoms with Crippen LogP contribution in [0, 0.1) is 0 Å². The van der Waals surface area contributed by atoms with E-state index >= 15 is 0 Å². The second kappa shape index (κ2) is 7.12. The smallest absolute Gasteiger partial charge is 0.254 e. The average molecular weight is 373 g/mol. The summed E-state index contributed by atoms with van der Waals surface area (Å²) in [4.78, 5) is 28.0. The fourth-order valence-electron chi connectivity index (χ4n) is 4.45. The first-order chi connectivity index (χ1) is 13.6. The van der Waals surface area contributed by atoms with Gasteiger partial charge in [0.15, 0.2) is 5.78 Å². The number of nitrogens with zero attached hydrogens (tertiary/aromatic N) is 1. The zero-order valence-electron chi connectivity index (χ0n) is 16.0. The van der Waals surface area contributed by atoms with E-state index in [1.165, 1.54) is 6.08 Å². The number of hydrogen-bond acceptors (Lipinski definition) is 3. The van der Waals surface area contributed by atoms with Crippen molar-refractivity contribution in [3.05, 3.63) is 83.4 Å². The number of carbonyl (C=O) groups is 2. The van der Waals surface area contributed by atoms with Gasteiger partial charge in [-0.1, -0.05) is 37.4 Å². The summed E-state index contributed by atoms with van der Waals surface area (Å²) in [5.41, 5.74) is 4.42. The summed E-state index contributed by atoms with van der Waals surface area (Å²) >= 11 is 0. The molecule has 28 heavy (non-hydrogen) atoms. The fraction of sp³-hybridized carbons (Fsp3) is 0.250. The maximum Gasteiger partial charge on any atom is 0.254 e. The Kier molecular flexibility index (Phi) is 4.63. The summed E-state index contributed by atoms with van der Waals surface area (Å²) in [7, 11) is 0. The monoisotopic (exact) mass is 373 g/mol. The number of rotatable bonds is 5. The molecule has 0 fully saturated rings. The summed E-state index contributed by atoms with van der Waals surface area (Å²) in [6.07, 6.45) is 3.89. The molecule has 4 heteroatoms. The van der Waals surface area contributed by atoms with E-state index in [2.05, 4.69) is 19.2 Å². The Bertz CT molecular complexity index is 991. The molecule has 2 aliphatic rings. The van der Waals surface area contributed by atoms with Crippen molar-refractivity contribution in [2.75, 3.05) is 13.2 Å². The molecule has 2 aromatic rings. The number of fused-ring (bicyclic) bond motifs is 4. The molecule has 0 unspecified atom stereocenters. The lowest BCUT2D eigenvalue weighted by Gasteiger charge is -2.45. The van der Waals surface area contributed by atoms with Crippen molar-refractivity contribution in [3.8, 4) is 5.75 Å². The molecule has 2 atom stereocenters. The molecule has 142 valence electrons. The third-order valence-corrected chi connectivity index (χ3v) is 5.68. The molecule has 0 bridgehead atoms. The lowest BCUT2D eigenvalue weighted by Crippen LogP contribution is -2.48. The minimum Gasteiger partial charge on any atom is -0.493 e. The van der Waals surface area contributed by atoms with E-state index in [0.717, 1.165) is 34.4 Å². The number of ketones is 1. The van der Waals surface area contributed by atoms with Gasteiger partial charge in [-0.05, 0) is 54.3 Å². The molecule has 0 saturated carbocycles. The molecule has 4 rings (SSSR count). The van der Waals surface area contributed by atoms with Crippen LogP contribution in [0.1, 0.15) is 51.5 Å². The van der Waals surface area contributed by atoms with Gasteiger partial charge in [0.25, 0.3) is 5.91 Å². The molecule has 0 N–H and O–H groups in total. The summed E-state index contributed by atoms with van der Waals surface area (Å²) in [6, 6.07) is 11.1. The van der Waals surface area contributed by atoms with Crippen molar-refractivity contribution in [1.82, 2.24) is 4.90 Å². The third-order valence-electron chi connectivity index (χ3n) is 5.68. The maximum absolute atomic E-state index is 13.2. The Hall–Kier alpha value is -3.14. The minimum absolute atomic E-state index is 0.0230. The van der Waals surface area contributed by atoms with Crippen LogP contribution in [-0.2, 0) is 11.2 Å². The molecule has 0 aromatic heterocycles. The Morgan fingerprint density at radius 3 is 2.75 bits per heavy atom. The quantitative estimate of drug-likeness (QED) is 0.734. The molecule has 1 amide bonds. The third kappa shape index (κ3) is 2.68. The molecular formula is C24H23NO3. The predicted octanol–water partition coefficient (Wildman–Crippen LogP) is 4.32. The Morgan fingerprint density at radius 1 is 1.25 bits per heavy atom. The van der Waals surface area contributed by atoms with Gasteiger partial charge in [0.2, 0.25) is 0 Å². The molecular weight excluding hydrogens is 350 g/mol. The van der Waals surface area contributed by atoms with Crippen molar-refractivity contribution in [2.45, 2.75) is 25.3 Å². The van der Waals surface area contributed by atoms with Gasteiger partial charge in [-0.15, -0.1) is 0 Å². The van der Waals surface area contributed by atoms with Crippen LogP contribution in [0.25, 0.3) is 6.08 Å². The average Bonchev–Trinajstić information content (AvgIpc) is 2.73. The normalized spacial score (nSPS) is 19.9. The van der Waals surface area contributed by atoms with Crippen LogP contribution < -0.4 is 4.74 Å². The Balaban J connectivity index is 1.95. The SMILES string of the molecule is C=CC(=O)[C@@H]1c2ccccc2C(=O)N2CCc3cc(C=C)c(OCC)cc3[C@@H]12. The highest BCUT2D eigenvalue weighted by atomic mass is 16.5. The van der Waals surface area contributed by atoms with Gasteiger partial charge in [0.1, 0.15) is 5.75 Å².